The number of carbonyl (C=O) groups is 1. The number of non-ortho nitro benzene ring substituents is 1. The van der Waals surface area contributed by atoms with E-state index in [1.54, 1.807) is 10.4 Å². The van der Waals surface area contributed by atoms with E-state index >= 15 is 0 Å². The largest absolute Gasteiger partial charge is 0.298 e. The standard InChI is InChI=1S/C21H22N4O5S2/c1-2-15-5-3-4-12-24(15)32(29,30)17-9-6-14(7-10-17)20(26)23-21-22-18-13-16(25(27)28)8-11-19(18)31-21/h6-11,13,15H,2-5,12H2,1H3,(H,22,23,26). The first-order chi connectivity index (χ1) is 15.3. The van der Waals surface area contributed by atoms with Gasteiger partial charge in [-0.2, -0.15) is 4.31 Å². The minimum Gasteiger partial charge on any atom is -0.298 e. The minimum absolute atomic E-state index is 0.00610. The molecule has 0 radical (unpaired) electrons. The van der Waals surface area contributed by atoms with Gasteiger partial charge in [0.2, 0.25) is 10.0 Å². The molecule has 0 saturated carbocycles. The second-order valence-electron chi connectivity index (χ2n) is 7.58. The fourth-order valence-corrected chi connectivity index (χ4v) is 6.47. The highest BCUT2D eigenvalue weighted by atomic mass is 32.2. The maximum Gasteiger partial charge on any atom is 0.271 e. The van der Waals surface area contributed by atoms with Crippen molar-refractivity contribution in [1.82, 2.24) is 9.29 Å². The topological polar surface area (TPSA) is 123 Å². The van der Waals surface area contributed by atoms with Crippen molar-refractivity contribution < 1.29 is 18.1 Å². The Kier molecular flexibility index (Phi) is 6.22. The Morgan fingerprint density at radius 2 is 2.00 bits per heavy atom. The van der Waals surface area contributed by atoms with Gasteiger partial charge in [-0.25, -0.2) is 13.4 Å². The molecule has 0 bridgehead atoms. The van der Waals surface area contributed by atoms with E-state index in [0.29, 0.717) is 27.5 Å². The fraction of sp³-hybridized carbons (Fsp3) is 0.333. The Balaban J connectivity index is 1.51. The van der Waals surface area contributed by atoms with Crippen molar-refractivity contribution in [1.29, 1.82) is 0 Å². The number of carbonyl (C=O) groups excluding carboxylic acids is 1. The molecule has 11 heteroatoms. The lowest BCUT2D eigenvalue weighted by Gasteiger charge is -2.34. The van der Waals surface area contributed by atoms with E-state index < -0.39 is 20.9 Å². The van der Waals surface area contributed by atoms with Crippen molar-refractivity contribution in [2.24, 2.45) is 0 Å². The van der Waals surface area contributed by atoms with E-state index in [1.807, 2.05) is 6.92 Å². The lowest BCUT2D eigenvalue weighted by molar-refractivity contribution is -0.384. The molecule has 4 rings (SSSR count). The Bertz CT molecular complexity index is 1270. The van der Waals surface area contributed by atoms with Gasteiger partial charge in [0.15, 0.2) is 5.13 Å². The van der Waals surface area contributed by atoms with Crippen LogP contribution in [0.1, 0.15) is 43.0 Å². The van der Waals surface area contributed by atoms with E-state index in [9.17, 15) is 23.3 Å². The predicted octanol–water partition coefficient (Wildman–Crippen LogP) is 4.41. The van der Waals surface area contributed by atoms with Gasteiger partial charge in [-0.3, -0.25) is 20.2 Å². The number of nitro groups is 1. The SMILES string of the molecule is CCC1CCCCN1S(=O)(=O)c1ccc(C(=O)Nc2nc3cc([N+](=O)[O-])ccc3s2)cc1. The van der Waals surface area contributed by atoms with E-state index in [-0.39, 0.29) is 16.6 Å². The number of nitro benzene ring substituents is 1. The van der Waals surface area contributed by atoms with Crippen LogP contribution in [-0.4, -0.2) is 41.1 Å². The molecule has 0 aliphatic carbocycles. The van der Waals surface area contributed by atoms with E-state index in [1.165, 1.54) is 47.7 Å². The maximum absolute atomic E-state index is 13.1. The van der Waals surface area contributed by atoms with Gasteiger partial charge in [-0.1, -0.05) is 24.7 Å². The van der Waals surface area contributed by atoms with E-state index in [4.69, 9.17) is 0 Å². The average molecular weight is 475 g/mol. The molecule has 168 valence electrons. The predicted molar refractivity (Wildman–Crippen MR) is 122 cm³/mol. The second kappa shape index (κ2) is 8.93. The summed E-state index contributed by atoms with van der Waals surface area (Å²) in [6.45, 7) is 2.50. The fourth-order valence-electron chi connectivity index (χ4n) is 3.86. The molecule has 2 heterocycles. The Hall–Kier alpha value is -2.89. The molecule has 1 aromatic heterocycles. The van der Waals surface area contributed by atoms with Crippen molar-refractivity contribution >= 4 is 48.3 Å². The number of thiazole rings is 1. The average Bonchev–Trinajstić information content (AvgIpc) is 3.20. The molecule has 1 amide bonds. The normalized spacial score (nSPS) is 17.3. The minimum atomic E-state index is -3.62. The van der Waals surface area contributed by atoms with E-state index in [0.717, 1.165) is 25.7 Å². The van der Waals surface area contributed by atoms with Crippen LogP contribution in [-0.2, 0) is 10.0 Å². The molecule has 1 aliphatic heterocycles. The zero-order valence-corrected chi connectivity index (χ0v) is 19.0. The van der Waals surface area contributed by atoms with Crippen molar-refractivity contribution in [3.8, 4) is 0 Å². The third-order valence-corrected chi connectivity index (χ3v) is 8.49. The zero-order chi connectivity index (χ0) is 22.9. The highest BCUT2D eigenvalue weighted by Gasteiger charge is 2.32. The van der Waals surface area contributed by atoms with Crippen LogP contribution >= 0.6 is 11.3 Å². The molecule has 1 aliphatic rings. The molecular weight excluding hydrogens is 452 g/mol. The maximum atomic E-state index is 13.1. The number of amides is 1. The van der Waals surface area contributed by atoms with Crippen LogP contribution in [0.3, 0.4) is 0 Å². The molecule has 1 fully saturated rings. The second-order valence-corrected chi connectivity index (χ2v) is 10.5. The Labute approximate surface area is 189 Å². The summed E-state index contributed by atoms with van der Waals surface area (Å²) in [4.78, 5) is 27.4. The number of nitrogens with zero attached hydrogens (tertiary/aromatic N) is 3. The number of rotatable bonds is 6. The third kappa shape index (κ3) is 4.36. The van der Waals surface area contributed by atoms with Crippen LogP contribution in [0.2, 0.25) is 0 Å². The van der Waals surface area contributed by atoms with Gasteiger partial charge >= 0.3 is 0 Å². The molecule has 1 unspecified atom stereocenters. The van der Waals surface area contributed by atoms with Gasteiger partial charge in [0.1, 0.15) is 0 Å². The van der Waals surface area contributed by atoms with Gasteiger partial charge in [0, 0.05) is 30.3 Å². The van der Waals surface area contributed by atoms with Crippen molar-refractivity contribution in [2.75, 3.05) is 11.9 Å². The van der Waals surface area contributed by atoms with Crippen LogP contribution in [0.25, 0.3) is 10.2 Å². The number of aromatic nitrogens is 1. The van der Waals surface area contributed by atoms with Gasteiger partial charge in [0.25, 0.3) is 11.6 Å². The lowest BCUT2D eigenvalue weighted by Crippen LogP contribution is -2.43. The zero-order valence-electron chi connectivity index (χ0n) is 17.4. The summed E-state index contributed by atoms with van der Waals surface area (Å²) >= 11 is 1.20. The highest BCUT2D eigenvalue weighted by Crippen LogP contribution is 2.30. The molecule has 9 nitrogen and oxygen atoms in total. The Morgan fingerprint density at radius 3 is 2.69 bits per heavy atom. The summed E-state index contributed by atoms with van der Waals surface area (Å²) in [6, 6.07) is 10.2. The van der Waals surface area contributed by atoms with Gasteiger partial charge in [-0.05, 0) is 49.6 Å². The van der Waals surface area contributed by atoms with Crippen LogP contribution in [0.15, 0.2) is 47.4 Å². The smallest absolute Gasteiger partial charge is 0.271 e. The summed E-state index contributed by atoms with van der Waals surface area (Å²) in [7, 11) is -3.62. The number of sulfonamides is 1. The summed E-state index contributed by atoms with van der Waals surface area (Å²) in [5.41, 5.74) is 0.643. The van der Waals surface area contributed by atoms with Crippen LogP contribution < -0.4 is 5.32 Å². The first-order valence-corrected chi connectivity index (χ1v) is 12.5. The number of piperidine rings is 1. The lowest BCUT2D eigenvalue weighted by atomic mass is 10.0. The molecular formula is C21H22N4O5S2. The summed E-state index contributed by atoms with van der Waals surface area (Å²) < 4.78 is 28.4. The Morgan fingerprint density at radius 1 is 1.25 bits per heavy atom. The molecule has 32 heavy (non-hydrogen) atoms. The number of nitrogens with one attached hydrogen (secondary N) is 1. The molecule has 2 aromatic carbocycles. The number of benzene rings is 2. The summed E-state index contributed by atoms with van der Waals surface area (Å²) in [5, 5.41) is 13.9. The van der Waals surface area contributed by atoms with Crippen LogP contribution in [0.5, 0.6) is 0 Å². The van der Waals surface area contributed by atoms with Crippen molar-refractivity contribution in [3.05, 3.63) is 58.1 Å². The number of hydrogen-bond acceptors (Lipinski definition) is 7. The monoisotopic (exact) mass is 474 g/mol. The quantitative estimate of drug-likeness (QED) is 0.417. The van der Waals surface area contributed by atoms with Crippen molar-refractivity contribution in [3.63, 3.8) is 0 Å². The first kappa shape index (κ1) is 22.3. The molecule has 1 N–H and O–H groups in total. The van der Waals surface area contributed by atoms with Gasteiger partial charge < -0.3 is 0 Å². The number of anilines is 1. The third-order valence-electron chi connectivity index (χ3n) is 5.57. The van der Waals surface area contributed by atoms with Crippen molar-refractivity contribution in [2.45, 2.75) is 43.5 Å². The molecule has 1 saturated heterocycles. The van der Waals surface area contributed by atoms with Gasteiger partial charge in [-0.15, -0.1) is 0 Å². The molecule has 0 spiro atoms. The highest BCUT2D eigenvalue weighted by molar-refractivity contribution is 7.89. The van der Waals surface area contributed by atoms with Crippen LogP contribution in [0, 0.1) is 10.1 Å². The number of fused-ring (bicyclic) bond motifs is 1. The first-order valence-electron chi connectivity index (χ1n) is 10.3. The summed E-state index contributed by atoms with van der Waals surface area (Å²) in [5.74, 6) is -0.438. The summed E-state index contributed by atoms with van der Waals surface area (Å²) in [6.07, 6.45) is 3.51. The molecule has 1 atom stereocenters. The van der Waals surface area contributed by atoms with Crippen LogP contribution in [0.4, 0.5) is 10.8 Å². The van der Waals surface area contributed by atoms with E-state index in [2.05, 4.69) is 10.3 Å². The number of hydrogen-bond donors (Lipinski definition) is 1. The molecule has 3 aromatic rings. The van der Waals surface area contributed by atoms with Gasteiger partial charge in [0.05, 0.1) is 20.0 Å².